The number of amides is 2. The van der Waals surface area contributed by atoms with Gasteiger partial charge in [0.25, 0.3) is 11.8 Å². The highest BCUT2D eigenvalue weighted by molar-refractivity contribution is 5.93. The monoisotopic (exact) mass is 358 g/mol. The van der Waals surface area contributed by atoms with Crippen molar-refractivity contribution in [1.82, 2.24) is 20.0 Å². The predicted octanol–water partition coefficient (Wildman–Crippen LogP) is 1.44. The van der Waals surface area contributed by atoms with Crippen molar-refractivity contribution in [2.75, 3.05) is 32.8 Å². The maximum atomic E-state index is 12.7. The number of ether oxygens (including phenoxy) is 1. The fourth-order valence-corrected chi connectivity index (χ4v) is 3.40. The molecule has 4 rings (SSSR count). The van der Waals surface area contributed by atoms with E-state index in [1.54, 1.807) is 15.9 Å². The number of carbonyl (C=O) groups is 2. The zero-order chi connectivity index (χ0) is 18.1. The van der Waals surface area contributed by atoms with Crippen molar-refractivity contribution < 1.29 is 18.7 Å². The first-order chi connectivity index (χ1) is 12.6. The van der Waals surface area contributed by atoms with Crippen molar-refractivity contribution in [3.63, 3.8) is 0 Å². The number of nitrogens with one attached hydrogen (secondary N) is 1. The molecule has 2 aliphatic rings. The van der Waals surface area contributed by atoms with E-state index in [-0.39, 0.29) is 17.9 Å². The topological polar surface area (TPSA) is 91.7 Å². The number of aromatic nitrogens is 2. The van der Waals surface area contributed by atoms with E-state index in [0.29, 0.717) is 49.9 Å². The summed E-state index contributed by atoms with van der Waals surface area (Å²) in [5, 5.41) is 6.96. The summed E-state index contributed by atoms with van der Waals surface area (Å²) in [4.78, 5) is 28.6. The average Bonchev–Trinajstić information content (AvgIpc) is 3.41. The van der Waals surface area contributed by atoms with Gasteiger partial charge in [0.05, 0.1) is 0 Å². The van der Waals surface area contributed by atoms with Crippen LogP contribution in [-0.4, -0.2) is 70.7 Å². The van der Waals surface area contributed by atoms with Crippen molar-refractivity contribution in [3.05, 3.63) is 29.7 Å². The molecule has 138 valence electrons. The van der Waals surface area contributed by atoms with E-state index < -0.39 is 0 Å². The van der Waals surface area contributed by atoms with E-state index in [2.05, 4.69) is 10.2 Å². The zero-order valence-corrected chi connectivity index (χ0v) is 14.7. The largest absolute Gasteiger partial charge is 0.460 e. The highest BCUT2D eigenvalue weighted by atomic mass is 16.5. The summed E-state index contributed by atoms with van der Waals surface area (Å²) in [6, 6.07) is 5.40. The molecule has 4 heterocycles. The third-order valence-corrected chi connectivity index (χ3v) is 4.89. The van der Waals surface area contributed by atoms with Gasteiger partial charge in [-0.25, -0.2) is 0 Å². The predicted molar refractivity (Wildman–Crippen MR) is 92.5 cm³/mol. The van der Waals surface area contributed by atoms with Crippen LogP contribution >= 0.6 is 0 Å². The highest BCUT2D eigenvalue weighted by Gasteiger charge is 2.32. The van der Waals surface area contributed by atoms with E-state index >= 15 is 0 Å². The van der Waals surface area contributed by atoms with Crippen molar-refractivity contribution >= 4 is 11.8 Å². The first kappa shape index (κ1) is 16.8. The van der Waals surface area contributed by atoms with E-state index in [1.807, 2.05) is 19.1 Å². The Balaban J connectivity index is 1.36. The lowest BCUT2D eigenvalue weighted by molar-refractivity contribution is -0.142. The fraction of sp³-hybridized carbons (Fsp3) is 0.500. The van der Waals surface area contributed by atoms with Gasteiger partial charge in [0.2, 0.25) is 0 Å². The second-order valence-electron chi connectivity index (χ2n) is 6.70. The Kier molecular flexibility index (Phi) is 4.50. The molecular weight excluding hydrogens is 336 g/mol. The molecule has 2 saturated heterocycles. The molecule has 2 amide bonds. The van der Waals surface area contributed by atoms with Crippen LogP contribution in [0.15, 0.2) is 22.6 Å². The first-order valence-corrected chi connectivity index (χ1v) is 8.94. The lowest BCUT2D eigenvalue weighted by atomic mass is 10.2. The molecule has 2 aliphatic heterocycles. The Hall–Kier alpha value is -2.61. The molecule has 8 heteroatoms. The summed E-state index contributed by atoms with van der Waals surface area (Å²) in [5.74, 6) is 1.36. The van der Waals surface area contributed by atoms with E-state index in [0.717, 1.165) is 18.6 Å². The van der Waals surface area contributed by atoms with Crippen LogP contribution in [0.25, 0.3) is 11.5 Å². The standard InChI is InChI=1S/C18H22N4O4/c1-12-4-5-15(26-12)13-11-14(20-19-13)17(23)21-6-8-22(9-7-21)18(24)16-3-2-10-25-16/h4-5,11,16H,2-3,6-10H2,1H3,(H,19,20)/t16-/m1/s1. The van der Waals surface area contributed by atoms with Gasteiger partial charge in [-0.15, -0.1) is 0 Å². The Labute approximate surface area is 151 Å². The maximum Gasteiger partial charge on any atom is 0.274 e. The second kappa shape index (κ2) is 6.95. The smallest absolute Gasteiger partial charge is 0.274 e. The Morgan fingerprint density at radius 2 is 1.96 bits per heavy atom. The van der Waals surface area contributed by atoms with Gasteiger partial charge in [-0.1, -0.05) is 0 Å². The molecule has 0 spiro atoms. The number of hydrogen-bond acceptors (Lipinski definition) is 5. The van der Waals surface area contributed by atoms with Crippen molar-refractivity contribution in [2.45, 2.75) is 25.9 Å². The van der Waals surface area contributed by atoms with Gasteiger partial charge >= 0.3 is 0 Å². The van der Waals surface area contributed by atoms with Crippen LogP contribution < -0.4 is 0 Å². The van der Waals surface area contributed by atoms with Crippen molar-refractivity contribution in [2.24, 2.45) is 0 Å². The molecule has 2 aromatic rings. The number of aromatic amines is 1. The van der Waals surface area contributed by atoms with Crippen LogP contribution in [0.5, 0.6) is 0 Å². The van der Waals surface area contributed by atoms with Gasteiger partial charge in [-0.05, 0) is 31.9 Å². The fourth-order valence-electron chi connectivity index (χ4n) is 3.40. The van der Waals surface area contributed by atoms with Gasteiger partial charge < -0.3 is 19.0 Å². The second-order valence-corrected chi connectivity index (χ2v) is 6.70. The SMILES string of the molecule is Cc1ccc(-c2cc(C(=O)N3CCN(C(=O)[C@H]4CCCO4)CC3)n[nH]2)o1. The average molecular weight is 358 g/mol. The van der Waals surface area contributed by atoms with E-state index in [9.17, 15) is 9.59 Å². The molecule has 0 aliphatic carbocycles. The number of piperazine rings is 1. The highest BCUT2D eigenvalue weighted by Crippen LogP contribution is 2.21. The molecule has 0 radical (unpaired) electrons. The summed E-state index contributed by atoms with van der Waals surface area (Å²) < 4.78 is 11.0. The van der Waals surface area contributed by atoms with Crippen LogP contribution in [0.1, 0.15) is 29.1 Å². The summed E-state index contributed by atoms with van der Waals surface area (Å²) in [5.41, 5.74) is 1.03. The zero-order valence-electron chi connectivity index (χ0n) is 14.7. The summed E-state index contributed by atoms with van der Waals surface area (Å²) in [6.07, 6.45) is 1.43. The minimum Gasteiger partial charge on any atom is -0.460 e. The van der Waals surface area contributed by atoms with Gasteiger partial charge in [-0.2, -0.15) is 5.10 Å². The number of carbonyl (C=O) groups excluding carboxylic acids is 2. The maximum absolute atomic E-state index is 12.7. The van der Waals surface area contributed by atoms with Crippen LogP contribution in [0.2, 0.25) is 0 Å². The van der Waals surface area contributed by atoms with Crippen LogP contribution in [0, 0.1) is 6.92 Å². The van der Waals surface area contributed by atoms with Crippen LogP contribution in [0.3, 0.4) is 0 Å². The van der Waals surface area contributed by atoms with E-state index in [1.165, 1.54) is 0 Å². The quantitative estimate of drug-likeness (QED) is 0.896. The number of rotatable bonds is 3. The summed E-state index contributed by atoms with van der Waals surface area (Å²) in [6.45, 7) is 4.58. The lowest BCUT2D eigenvalue weighted by Gasteiger charge is -2.35. The lowest BCUT2D eigenvalue weighted by Crippen LogP contribution is -2.52. The summed E-state index contributed by atoms with van der Waals surface area (Å²) >= 11 is 0. The molecule has 26 heavy (non-hydrogen) atoms. The minimum absolute atomic E-state index is 0.0462. The Bertz CT molecular complexity index is 798. The van der Waals surface area contributed by atoms with Crippen molar-refractivity contribution in [3.8, 4) is 11.5 Å². The number of furan rings is 1. The molecule has 1 N–H and O–H groups in total. The minimum atomic E-state index is -0.303. The van der Waals surface area contributed by atoms with Crippen molar-refractivity contribution in [1.29, 1.82) is 0 Å². The molecule has 2 fully saturated rings. The number of H-pyrrole nitrogens is 1. The third kappa shape index (κ3) is 3.24. The molecule has 8 nitrogen and oxygen atoms in total. The first-order valence-electron chi connectivity index (χ1n) is 8.94. The number of nitrogens with zero attached hydrogens (tertiary/aromatic N) is 3. The molecule has 0 aromatic carbocycles. The number of aryl methyl sites for hydroxylation is 1. The third-order valence-electron chi connectivity index (χ3n) is 4.89. The van der Waals surface area contributed by atoms with Gasteiger partial charge in [-0.3, -0.25) is 14.7 Å². The molecule has 2 aromatic heterocycles. The van der Waals surface area contributed by atoms with Gasteiger partial charge in [0.1, 0.15) is 17.6 Å². The Morgan fingerprint density at radius 3 is 2.62 bits per heavy atom. The molecule has 1 atom stereocenters. The molecule has 0 unspecified atom stereocenters. The molecular formula is C18H22N4O4. The molecule has 0 saturated carbocycles. The van der Waals surface area contributed by atoms with Crippen LogP contribution in [-0.2, 0) is 9.53 Å². The van der Waals surface area contributed by atoms with Gasteiger partial charge in [0, 0.05) is 38.9 Å². The van der Waals surface area contributed by atoms with Crippen LogP contribution in [0.4, 0.5) is 0 Å². The normalized spacial score (nSPS) is 20.6. The van der Waals surface area contributed by atoms with Gasteiger partial charge in [0.15, 0.2) is 11.5 Å². The number of hydrogen-bond donors (Lipinski definition) is 1. The molecule has 0 bridgehead atoms. The Morgan fingerprint density at radius 1 is 1.19 bits per heavy atom. The summed E-state index contributed by atoms with van der Waals surface area (Å²) in [7, 11) is 0. The van der Waals surface area contributed by atoms with E-state index in [4.69, 9.17) is 9.15 Å².